The van der Waals surface area contributed by atoms with Crippen molar-refractivity contribution in [3.63, 3.8) is 0 Å². The standard InChI is InChI=1S/C27H28N6O2.C2H6/c1-27(2,20-8-9-20)29-16-18-6-10-22(11-7-18)32-12-13-33-24(26(32)35)23(17-30-33)25(34)31-21-5-3-4-19(14-21)15-28;1-2/h3-7,10-11,14,17,20,29H,8-9,12-13,16H2,1-2H3,(H,31,34);1-2H3. The van der Waals surface area contributed by atoms with Gasteiger partial charge in [0, 0.05) is 30.0 Å². The van der Waals surface area contributed by atoms with E-state index in [4.69, 9.17) is 5.26 Å². The Balaban J connectivity index is 0.00000156. The summed E-state index contributed by atoms with van der Waals surface area (Å²) in [5, 5.41) is 19.8. The van der Waals surface area contributed by atoms with E-state index < -0.39 is 5.91 Å². The van der Waals surface area contributed by atoms with Crippen LogP contribution in [0.1, 0.15) is 72.5 Å². The van der Waals surface area contributed by atoms with Crippen molar-refractivity contribution in [1.82, 2.24) is 15.1 Å². The molecular weight excluding hydrogens is 464 g/mol. The maximum absolute atomic E-state index is 13.4. The van der Waals surface area contributed by atoms with E-state index in [1.165, 1.54) is 19.0 Å². The Morgan fingerprint density at radius 1 is 1.14 bits per heavy atom. The average molecular weight is 499 g/mol. The van der Waals surface area contributed by atoms with Crippen LogP contribution in [0.15, 0.2) is 54.7 Å². The number of carbonyl (C=O) groups is 2. The summed E-state index contributed by atoms with van der Waals surface area (Å²) in [4.78, 5) is 28.1. The first-order chi connectivity index (χ1) is 17.9. The fraction of sp³-hybridized carbons (Fsp3) is 0.379. The summed E-state index contributed by atoms with van der Waals surface area (Å²) < 4.78 is 1.58. The smallest absolute Gasteiger partial charge is 0.277 e. The molecule has 0 radical (unpaired) electrons. The minimum atomic E-state index is -0.434. The molecule has 192 valence electrons. The van der Waals surface area contributed by atoms with E-state index in [1.54, 1.807) is 33.8 Å². The molecule has 2 heterocycles. The molecule has 2 amide bonds. The van der Waals surface area contributed by atoms with Gasteiger partial charge in [-0.25, -0.2) is 0 Å². The predicted molar refractivity (Wildman–Crippen MR) is 144 cm³/mol. The highest BCUT2D eigenvalue weighted by Gasteiger charge is 2.37. The number of anilines is 2. The average Bonchev–Trinajstić information content (AvgIpc) is 3.69. The van der Waals surface area contributed by atoms with Gasteiger partial charge >= 0.3 is 0 Å². The molecule has 2 aromatic carbocycles. The van der Waals surface area contributed by atoms with Gasteiger partial charge in [-0.3, -0.25) is 14.3 Å². The summed E-state index contributed by atoms with van der Waals surface area (Å²) in [6.45, 7) is 10.3. The molecule has 1 aliphatic heterocycles. The Bertz CT molecular complexity index is 1310. The van der Waals surface area contributed by atoms with Gasteiger partial charge in [-0.05, 0) is 68.5 Å². The van der Waals surface area contributed by atoms with Crippen LogP contribution in [0.2, 0.25) is 0 Å². The molecule has 0 atom stereocenters. The lowest BCUT2D eigenvalue weighted by atomic mass is 9.98. The Kier molecular flexibility index (Phi) is 7.74. The van der Waals surface area contributed by atoms with Gasteiger partial charge in [0.15, 0.2) is 0 Å². The van der Waals surface area contributed by atoms with Crippen LogP contribution < -0.4 is 15.5 Å². The van der Waals surface area contributed by atoms with Crippen molar-refractivity contribution in [3.05, 3.63) is 77.1 Å². The number of fused-ring (bicyclic) bond motifs is 1. The number of nitriles is 1. The topological polar surface area (TPSA) is 103 Å². The highest BCUT2D eigenvalue weighted by Crippen LogP contribution is 2.39. The number of carbonyl (C=O) groups excluding carboxylic acids is 2. The number of nitrogens with zero attached hydrogens (tertiary/aromatic N) is 4. The molecule has 0 unspecified atom stereocenters. The van der Waals surface area contributed by atoms with Gasteiger partial charge in [0.25, 0.3) is 11.8 Å². The summed E-state index contributed by atoms with van der Waals surface area (Å²) in [6, 6.07) is 16.7. The molecule has 1 saturated carbocycles. The van der Waals surface area contributed by atoms with Gasteiger partial charge in [-0.15, -0.1) is 0 Å². The second kappa shape index (κ2) is 11.0. The van der Waals surface area contributed by atoms with Gasteiger partial charge in [0.2, 0.25) is 0 Å². The molecule has 0 saturated heterocycles. The molecule has 2 aliphatic rings. The van der Waals surface area contributed by atoms with Crippen molar-refractivity contribution in [2.24, 2.45) is 5.92 Å². The van der Waals surface area contributed by atoms with Crippen molar-refractivity contribution < 1.29 is 9.59 Å². The maximum Gasteiger partial charge on any atom is 0.277 e. The molecule has 8 heteroatoms. The summed E-state index contributed by atoms with van der Waals surface area (Å²) in [6.07, 6.45) is 4.01. The van der Waals surface area contributed by atoms with Crippen LogP contribution in [-0.2, 0) is 13.1 Å². The third-order valence-corrected chi connectivity index (χ3v) is 6.91. The van der Waals surface area contributed by atoms with E-state index in [0.29, 0.717) is 24.3 Å². The number of hydrogen-bond donors (Lipinski definition) is 2. The lowest BCUT2D eigenvalue weighted by molar-refractivity contribution is 0.0947. The van der Waals surface area contributed by atoms with E-state index in [1.807, 2.05) is 38.1 Å². The monoisotopic (exact) mass is 498 g/mol. The van der Waals surface area contributed by atoms with Crippen LogP contribution in [0.3, 0.4) is 0 Å². The fourth-order valence-electron chi connectivity index (χ4n) is 4.56. The summed E-state index contributed by atoms with van der Waals surface area (Å²) >= 11 is 0. The van der Waals surface area contributed by atoms with E-state index >= 15 is 0 Å². The Morgan fingerprint density at radius 2 is 1.86 bits per heavy atom. The van der Waals surface area contributed by atoms with Crippen molar-refractivity contribution in [1.29, 1.82) is 5.26 Å². The van der Waals surface area contributed by atoms with Gasteiger partial charge in [-0.2, -0.15) is 10.4 Å². The normalized spacial score (nSPS) is 14.8. The number of aromatic nitrogens is 2. The van der Waals surface area contributed by atoms with Crippen molar-refractivity contribution in [2.45, 2.75) is 59.2 Å². The van der Waals surface area contributed by atoms with Gasteiger partial charge < -0.3 is 15.5 Å². The third-order valence-electron chi connectivity index (χ3n) is 6.91. The minimum absolute atomic E-state index is 0.132. The lowest BCUT2D eigenvalue weighted by Gasteiger charge is -2.29. The number of benzene rings is 2. The lowest BCUT2D eigenvalue weighted by Crippen LogP contribution is -2.41. The number of amides is 2. The Labute approximate surface area is 218 Å². The summed E-state index contributed by atoms with van der Waals surface area (Å²) in [7, 11) is 0. The third kappa shape index (κ3) is 5.73. The molecular formula is C29H34N6O2. The first-order valence-corrected chi connectivity index (χ1v) is 12.9. The zero-order valence-corrected chi connectivity index (χ0v) is 21.9. The van der Waals surface area contributed by atoms with Gasteiger partial charge in [0.05, 0.1) is 29.9 Å². The molecule has 0 bridgehead atoms. The van der Waals surface area contributed by atoms with E-state index in [9.17, 15) is 9.59 Å². The number of nitrogens with one attached hydrogen (secondary N) is 2. The Morgan fingerprint density at radius 3 is 2.54 bits per heavy atom. The van der Waals surface area contributed by atoms with Crippen LogP contribution in [0.4, 0.5) is 11.4 Å². The fourth-order valence-corrected chi connectivity index (χ4v) is 4.56. The van der Waals surface area contributed by atoms with Gasteiger partial charge in [0.1, 0.15) is 5.69 Å². The van der Waals surface area contributed by atoms with Crippen molar-refractivity contribution >= 4 is 23.2 Å². The maximum atomic E-state index is 13.4. The largest absolute Gasteiger partial charge is 0.322 e. The summed E-state index contributed by atoms with van der Waals surface area (Å²) in [5.74, 6) is 0.0564. The Hall–Kier alpha value is -3.96. The van der Waals surface area contributed by atoms with E-state index in [0.717, 1.165) is 23.7 Å². The molecule has 1 aromatic heterocycles. The minimum Gasteiger partial charge on any atom is -0.322 e. The molecule has 5 rings (SSSR count). The zero-order valence-electron chi connectivity index (χ0n) is 21.9. The predicted octanol–water partition coefficient (Wildman–Crippen LogP) is 4.97. The molecule has 1 fully saturated rings. The van der Waals surface area contributed by atoms with Crippen LogP contribution in [0.25, 0.3) is 0 Å². The zero-order chi connectivity index (χ0) is 26.6. The highest BCUT2D eigenvalue weighted by molar-refractivity contribution is 6.15. The first-order valence-electron chi connectivity index (χ1n) is 12.9. The SMILES string of the molecule is CC.CC(C)(NCc1ccc(N2CCn3ncc(C(=O)Nc4cccc(C#N)c4)c3C2=O)cc1)C1CC1. The van der Waals surface area contributed by atoms with Crippen molar-refractivity contribution in [2.75, 3.05) is 16.8 Å². The first kappa shape index (κ1) is 26.1. The number of hydrogen-bond acceptors (Lipinski definition) is 5. The molecule has 1 aliphatic carbocycles. The van der Waals surface area contributed by atoms with Crippen LogP contribution in [0, 0.1) is 17.2 Å². The molecule has 2 N–H and O–H groups in total. The molecule has 0 spiro atoms. The molecule has 8 nitrogen and oxygen atoms in total. The molecule has 3 aromatic rings. The van der Waals surface area contributed by atoms with Crippen LogP contribution in [0.5, 0.6) is 0 Å². The van der Waals surface area contributed by atoms with E-state index in [2.05, 4.69) is 35.6 Å². The van der Waals surface area contributed by atoms with Crippen LogP contribution >= 0.6 is 0 Å². The van der Waals surface area contributed by atoms with Crippen molar-refractivity contribution in [3.8, 4) is 6.07 Å². The second-order valence-electron chi connectivity index (χ2n) is 9.75. The quantitative estimate of drug-likeness (QED) is 0.479. The number of rotatable bonds is 7. The highest BCUT2D eigenvalue weighted by atomic mass is 16.2. The second-order valence-corrected chi connectivity index (χ2v) is 9.75. The van der Waals surface area contributed by atoms with Gasteiger partial charge in [-0.1, -0.05) is 32.0 Å². The molecule has 37 heavy (non-hydrogen) atoms. The van der Waals surface area contributed by atoms with E-state index in [-0.39, 0.29) is 22.7 Å². The summed E-state index contributed by atoms with van der Waals surface area (Å²) in [5.41, 5.74) is 3.50. The van der Waals surface area contributed by atoms with Crippen LogP contribution in [-0.4, -0.2) is 33.7 Å².